The van der Waals surface area contributed by atoms with Gasteiger partial charge in [0.15, 0.2) is 0 Å². The number of rotatable bonds is 0. The number of para-hydroxylation sites is 1. The molecule has 0 aliphatic carbocycles. The van der Waals surface area contributed by atoms with E-state index in [4.69, 9.17) is 0 Å². The molecule has 1 unspecified atom stereocenters. The molecule has 15 heavy (non-hydrogen) atoms. The minimum atomic E-state index is -0.977. The fourth-order valence-corrected chi connectivity index (χ4v) is 2.94. The van der Waals surface area contributed by atoms with Crippen molar-refractivity contribution in [2.24, 2.45) is 0 Å². The van der Waals surface area contributed by atoms with Gasteiger partial charge in [0.2, 0.25) is 0 Å². The first-order valence-electron chi connectivity index (χ1n) is 4.59. The van der Waals surface area contributed by atoms with Gasteiger partial charge in [0.1, 0.15) is 11.7 Å². The zero-order chi connectivity index (χ0) is 10.4. The van der Waals surface area contributed by atoms with Crippen molar-refractivity contribution in [1.29, 1.82) is 0 Å². The lowest BCUT2D eigenvalue weighted by Gasteiger charge is -2.02. The number of nitrogens with zero attached hydrogens (tertiary/aromatic N) is 2. The minimum Gasteiger partial charge on any atom is -0.283 e. The van der Waals surface area contributed by atoms with Crippen LogP contribution in [0.25, 0.3) is 10.9 Å². The van der Waals surface area contributed by atoms with E-state index in [1.807, 2.05) is 12.1 Å². The molecule has 1 aliphatic heterocycles. The molecule has 0 spiro atoms. The maximum Gasteiger partial charge on any atom is 0.262 e. The molecule has 0 N–H and O–H groups in total. The van der Waals surface area contributed by atoms with E-state index in [0.29, 0.717) is 22.5 Å². The maximum atomic E-state index is 12.0. The van der Waals surface area contributed by atoms with Crippen molar-refractivity contribution in [3.05, 3.63) is 40.4 Å². The van der Waals surface area contributed by atoms with Gasteiger partial charge in [0.05, 0.1) is 16.7 Å². The molecule has 0 amide bonds. The Balaban J connectivity index is 2.45. The van der Waals surface area contributed by atoms with Crippen LogP contribution in [-0.2, 0) is 22.4 Å². The minimum absolute atomic E-state index is 0.0820. The van der Waals surface area contributed by atoms with E-state index in [1.54, 1.807) is 12.1 Å². The van der Waals surface area contributed by atoms with E-state index in [1.165, 1.54) is 4.57 Å². The fourth-order valence-electron chi connectivity index (χ4n) is 1.79. The van der Waals surface area contributed by atoms with Crippen molar-refractivity contribution in [1.82, 2.24) is 9.55 Å². The monoisotopic (exact) mass is 220 g/mol. The lowest BCUT2D eigenvalue weighted by molar-refractivity contribution is 0.679. The molecular formula is C10H8N2O2S. The predicted octanol–water partition coefficient (Wildman–Crippen LogP) is 0.616. The van der Waals surface area contributed by atoms with E-state index in [2.05, 4.69) is 4.98 Å². The van der Waals surface area contributed by atoms with Crippen molar-refractivity contribution < 1.29 is 4.21 Å². The molecule has 1 aliphatic rings. The van der Waals surface area contributed by atoms with Crippen molar-refractivity contribution in [2.45, 2.75) is 11.6 Å². The van der Waals surface area contributed by atoms with Crippen molar-refractivity contribution in [2.75, 3.05) is 0 Å². The molecule has 0 radical (unpaired) electrons. The van der Waals surface area contributed by atoms with Gasteiger partial charge in [0.25, 0.3) is 5.56 Å². The average molecular weight is 220 g/mol. The van der Waals surface area contributed by atoms with Crippen LogP contribution >= 0.6 is 0 Å². The number of aromatic nitrogens is 2. The topological polar surface area (TPSA) is 52.0 Å². The zero-order valence-electron chi connectivity index (χ0n) is 7.84. The van der Waals surface area contributed by atoms with Gasteiger partial charge < -0.3 is 0 Å². The fraction of sp³-hybridized carbons (Fsp3) is 0.200. The normalized spacial score (nSPS) is 19.3. The molecule has 0 saturated carbocycles. The van der Waals surface area contributed by atoms with Crippen LogP contribution in [0.2, 0.25) is 0 Å². The summed E-state index contributed by atoms with van der Waals surface area (Å²) in [5.74, 6) is 1.31. The number of benzene rings is 1. The largest absolute Gasteiger partial charge is 0.283 e. The Kier molecular flexibility index (Phi) is 1.76. The Hall–Kier alpha value is -1.49. The van der Waals surface area contributed by atoms with E-state index in [-0.39, 0.29) is 11.4 Å². The summed E-state index contributed by atoms with van der Waals surface area (Å²) in [7, 11) is -0.977. The third kappa shape index (κ3) is 1.23. The maximum absolute atomic E-state index is 12.0. The van der Waals surface area contributed by atoms with Gasteiger partial charge in [0, 0.05) is 10.8 Å². The van der Waals surface area contributed by atoms with Gasteiger partial charge >= 0.3 is 0 Å². The highest BCUT2D eigenvalue weighted by Gasteiger charge is 2.20. The summed E-state index contributed by atoms with van der Waals surface area (Å²) in [5.41, 5.74) is 0.606. The molecule has 2 aromatic rings. The summed E-state index contributed by atoms with van der Waals surface area (Å²) in [6.07, 6.45) is 0. The second-order valence-corrected chi connectivity index (χ2v) is 4.92. The first kappa shape index (κ1) is 8.79. The highest BCUT2D eigenvalue weighted by atomic mass is 32.2. The Morgan fingerprint density at radius 2 is 2.13 bits per heavy atom. The Labute approximate surface area is 88.0 Å². The second-order valence-electron chi connectivity index (χ2n) is 3.49. The van der Waals surface area contributed by atoms with Gasteiger partial charge in [-0.1, -0.05) is 12.1 Å². The van der Waals surface area contributed by atoms with E-state index in [9.17, 15) is 9.00 Å². The van der Waals surface area contributed by atoms with Crippen molar-refractivity contribution >= 4 is 21.7 Å². The molecule has 76 valence electrons. The quantitative estimate of drug-likeness (QED) is 0.654. The third-order valence-electron chi connectivity index (χ3n) is 2.50. The molecule has 0 fully saturated rings. The average Bonchev–Trinajstić information content (AvgIpc) is 2.59. The van der Waals surface area contributed by atoms with Crippen molar-refractivity contribution in [3.8, 4) is 0 Å². The summed E-state index contributed by atoms with van der Waals surface area (Å²) >= 11 is 0. The summed E-state index contributed by atoms with van der Waals surface area (Å²) < 4.78 is 12.9. The summed E-state index contributed by atoms with van der Waals surface area (Å²) in [4.78, 5) is 16.3. The van der Waals surface area contributed by atoms with Crippen molar-refractivity contribution in [3.63, 3.8) is 0 Å². The molecule has 2 heterocycles. The van der Waals surface area contributed by atoms with Crippen LogP contribution in [0.15, 0.2) is 29.1 Å². The van der Waals surface area contributed by atoms with Crippen LogP contribution < -0.4 is 5.56 Å². The lowest BCUT2D eigenvalue weighted by atomic mass is 10.2. The molecule has 1 atom stereocenters. The second kappa shape index (κ2) is 3.00. The van der Waals surface area contributed by atoms with Gasteiger partial charge in [-0.15, -0.1) is 0 Å². The molecule has 5 heteroatoms. The highest BCUT2D eigenvalue weighted by Crippen LogP contribution is 2.14. The number of hydrogen-bond acceptors (Lipinski definition) is 3. The molecule has 1 aromatic heterocycles. The van der Waals surface area contributed by atoms with Gasteiger partial charge in [-0.2, -0.15) is 0 Å². The van der Waals surface area contributed by atoms with Crippen LogP contribution in [0.3, 0.4) is 0 Å². The van der Waals surface area contributed by atoms with Crippen LogP contribution in [0.1, 0.15) is 5.82 Å². The van der Waals surface area contributed by atoms with Crippen LogP contribution in [0, 0.1) is 0 Å². The van der Waals surface area contributed by atoms with E-state index in [0.717, 1.165) is 0 Å². The van der Waals surface area contributed by atoms with Gasteiger partial charge in [-0.3, -0.25) is 13.6 Å². The number of fused-ring (bicyclic) bond motifs is 2. The molecule has 3 rings (SSSR count). The van der Waals surface area contributed by atoms with E-state index >= 15 is 0 Å². The lowest BCUT2D eigenvalue weighted by Crippen LogP contribution is -2.20. The summed E-state index contributed by atoms with van der Waals surface area (Å²) in [5, 5.41) is 0.597. The first-order chi connectivity index (χ1) is 7.25. The third-order valence-corrected chi connectivity index (χ3v) is 3.63. The summed E-state index contributed by atoms with van der Waals surface area (Å²) in [6, 6.07) is 7.21. The first-order valence-corrected chi connectivity index (χ1v) is 6.08. The van der Waals surface area contributed by atoms with Crippen LogP contribution in [-0.4, -0.2) is 13.8 Å². The molecule has 1 aromatic carbocycles. The standard InChI is InChI=1S/C10H8N2O2S/c13-10-7-3-1-2-4-8(7)11-9-5-15(14)6-12(9)10/h1-4H,5-6H2. The molecule has 0 saturated heterocycles. The molecular weight excluding hydrogens is 212 g/mol. The Morgan fingerprint density at radius 3 is 3.00 bits per heavy atom. The SMILES string of the molecule is O=c1c2ccccc2nc2n1CS(=O)C2. The number of hydrogen-bond donors (Lipinski definition) is 0. The van der Waals surface area contributed by atoms with Gasteiger partial charge in [-0.05, 0) is 12.1 Å². The Morgan fingerprint density at radius 1 is 1.33 bits per heavy atom. The highest BCUT2D eigenvalue weighted by molar-refractivity contribution is 7.83. The zero-order valence-corrected chi connectivity index (χ0v) is 8.66. The Bertz CT molecular complexity index is 633. The summed E-state index contributed by atoms with van der Waals surface area (Å²) in [6.45, 7) is 0. The smallest absolute Gasteiger partial charge is 0.262 e. The van der Waals surface area contributed by atoms with E-state index < -0.39 is 10.8 Å². The van der Waals surface area contributed by atoms with Crippen LogP contribution in [0.5, 0.6) is 0 Å². The molecule has 4 nitrogen and oxygen atoms in total. The van der Waals surface area contributed by atoms with Crippen LogP contribution in [0.4, 0.5) is 0 Å². The molecule has 0 bridgehead atoms. The predicted molar refractivity (Wildman–Crippen MR) is 57.8 cm³/mol. The van der Waals surface area contributed by atoms with Gasteiger partial charge in [-0.25, -0.2) is 4.98 Å².